The maximum Gasteiger partial charge on any atom is 0.243 e. The maximum atomic E-state index is 13.6. The largest absolute Gasteiger partial charge is 0.497 e. The average molecular weight is 513 g/mol. The number of hydrogen-bond acceptors (Lipinski definition) is 6. The van der Waals surface area contributed by atoms with Crippen molar-refractivity contribution in [1.82, 2.24) is 9.62 Å². The topological polar surface area (TPSA) is 94.2 Å². The lowest BCUT2D eigenvalue weighted by Crippen LogP contribution is -2.42. The Bertz CT molecular complexity index is 1230. The van der Waals surface area contributed by atoms with Gasteiger partial charge in [-0.1, -0.05) is 42.5 Å². The number of hydrogen-bond donors (Lipinski definition) is 1. The fourth-order valence-electron chi connectivity index (χ4n) is 3.66. The Morgan fingerprint density at radius 2 is 1.47 bits per heavy atom. The molecule has 0 aromatic heterocycles. The molecule has 0 fully saturated rings. The monoisotopic (exact) mass is 512 g/mol. The van der Waals surface area contributed by atoms with E-state index in [1.54, 1.807) is 7.11 Å². The first-order valence-electron chi connectivity index (χ1n) is 11.5. The molecule has 0 aliphatic carbocycles. The molecule has 1 N–H and O–H groups in total. The summed E-state index contributed by atoms with van der Waals surface area (Å²) in [7, 11) is 0.543. The standard InChI is InChI=1S/C27H32N2O6S/c1-33-23-11-9-22(10-12-23)15-17-28-27(30)20-29(18-16-21-7-5-4-6-8-21)36(31,32)24-13-14-25(34-2)26(19-24)35-3/h4-14,19H,15-18,20H2,1-3H3,(H,28,30). The molecule has 0 bridgehead atoms. The SMILES string of the molecule is COc1ccc(CCNC(=O)CN(CCc2ccccc2)S(=O)(=O)c2ccc(OC)c(OC)c2)cc1. The number of benzene rings is 3. The minimum atomic E-state index is -3.99. The van der Waals surface area contributed by atoms with E-state index in [2.05, 4.69) is 5.32 Å². The van der Waals surface area contributed by atoms with Crippen molar-refractivity contribution in [3.63, 3.8) is 0 Å². The summed E-state index contributed by atoms with van der Waals surface area (Å²) in [4.78, 5) is 12.8. The van der Waals surface area contributed by atoms with Crippen LogP contribution in [-0.2, 0) is 27.7 Å². The highest BCUT2D eigenvalue weighted by Gasteiger charge is 2.27. The highest BCUT2D eigenvalue weighted by molar-refractivity contribution is 7.89. The van der Waals surface area contributed by atoms with Gasteiger partial charge in [0.2, 0.25) is 15.9 Å². The van der Waals surface area contributed by atoms with Crippen LogP contribution in [-0.4, -0.2) is 59.6 Å². The van der Waals surface area contributed by atoms with Crippen LogP contribution >= 0.6 is 0 Å². The molecule has 0 saturated carbocycles. The molecular formula is C27H32N2O6S. The van der Waals surface area contributed by atoms with Crippen molar-refractivity contribution >= 4 is 15.9 Å². The number of ether oxygens (including phenoxy) is 3. The molecule has 3 aromatic carbocycles. The van der Waals surface area contributed by atoms with Crippen molar-refractivity contribution < 1.29 is 27.4 Å². The number of rotatable bonds is 13. The minimum absolute atomic E-state index is 0.0271. The van der Waals surface area contributed by atoms with E-state index in [9.17, 15) is 13.2 Å². The summed E-state index contributed by atoms with van der Waals surface area (Å²) in [6.45, 7) is 0.229. The van der Waals surface area contributed by atoms with Gasteiger partial charge in [0.05, 0.1) is 32.8 Å². The zero-order valence-corrected chi connectivity index (χ0v) is 21.6. The highest BCUT2D eigenvalue weighted by Crippen LogP contribution is 2.30. The van der Waals surface area contributed by atoms with Crippen LogP contribution in [0.15, 0.2) is 77.7 Å². The molecule has 0 aliphatic rings. The van der Waals surface area contributed by atoms with Gasteiger partial charge in [-0.15, -0.1) is 0 Å². The molecule has 0 atom stereocenters. The van der Waals surface area contributed by atoms with Gasteiger partial charge < -0.3 is 19.5 Å². The Kier molecular flexibility index (Phi) is 9.72. The Balaban J connectivity index is 1.72. The summed E-state index contributed by atoms with van der Waals surface area (Å²) < 4.78 is 44.0. The first kappa shape index (κ1) is 27.0. The summed E-state index contributed by atoms with van der Waals surface area (Å²) in [5.74, 6) is 1.10. The second-order valence-corrected chi connectivity index (χ2v) is 9.98. The van der Waals surface area contributed by atoms with Crippen molar-refractivity contribution in [2.45, 2.75) is 17.7 Å². The molecule has 0 aliphatic heterocycles. The molecule has 1 amide bonds. The third-order valence-corrected chi connectivity index (χ3v) is 7.54. The van der Waals surface area contributed by atoms with E-state index < -0.39 is 10.0 Å². The molecule has 36 heavy (non-hydrogen) atoms. The van der Waals surface area contributed by atoms with Crippen LogP contribution < -0.4 is 19.5 Å². The van der Waals surface area contributed by atoms with Gasteiger partial charge in [-0.2, -0.15) is 4.31 Å². The summed E-state index contributed by atoms with van der Waals surface area (Å²) in [6.07, 6.45) is 1.08. The predicted molar refractivity (Wildman–Crippen MR) is 138 cm³/mol. The zero-order chi connectivity index (χ0) is 26.0. The van der Waals surface area contributed by atoms with E-state index >= 15 is 0 Å². The van der Waals surface area contributed by atoms with Crippen LogP contribution in [0.4, 0.5) is 0 Å². The van der Waals surface area contributed by atoms with E-state index in [0.717, 1.165) is 16.9 Å². The van der Waals surface area contributed by atoms with Crippen LogP contribution in [0.2, 0.25) is 0 Å². The molecule has 0 saturated heterocycles. The third kappa shape index (κ3) is 7.22. The number of sulfonamides is 1. The van der Waals surface area contributed by atoms with E-state index in [4.69, 9.17) is 14.2 Å². The van der Waals surface area contributed by atoms with Crippen LogP contribution in [0.3, 0.4) is 0 Å². The van der Waals surface area contributed by atoms with Crippen LogP contribution in [0.5, 0.6) is 17.2 Å². The molecule has 3 rings (SSSR count). The zero-order valence-electron chi connectivity index (χ0n) is 20.8. The van der Waals surface area contributed by atoms with Crippen molar-refractivity contribution in [2.75, 3.05) is 41.0 Å². The maximum absolute atomic E-state index is 13.6. The molecule has 0 spiro atoms. The summed E-state index contributed by atoms with van der Waals surface area (Å²) in [5, 5.41) is 2.83. The van der Waals surface area contributed by atoms with Crippen LogP contribution in [0.25, 0.3) is 0 Å². The number of carbonyl (C=O) groups is 1. The number of nitrogens with one attached hydrogen (secondary N) is 1. The van der Waals surface area contributed by atoms with Gasteiger partial charge in [0.25, 0.3) is 0 Å². The lowest BCUT2D eigenvalue weighted by atomic mass is 10.1. The number of methoxy groups -OCH3 is 3. The fraction of sp³-hybridized carbons (Fsp3) is 0.296. The van der Waals surface area contributed by atoms with Gasteiger partial charge in [0, 0.05) is 19.2 Å². The number of nitrogens with zero attached hydrogens (tertiary/aromatic N) is 1. The van der Waals surface area contributed by atoms with E-state index in [1.807, 2.05) is 54.6 Å². The minimum Gasteiger partial charge on any atom is -0.497 e. The second kappa shape index (κ2) is 12.9. The molecule has 0 unspecified atom stereocenters. The molecule has 9 heteroatoms. The van der Waals surface area contributed by atoms with Gasteiger partial charge in [0.15, 0.2) is 11.5 Å². The Hall–Kier alpha value is -3.56. The van der Waals surface area contributed by atoms with E-state index in [-0.39, 0.29) is 23.9 Å². The van der Waals surface area contributed by atoms with Gasteiger partial charge in [-0.25, -0.2) is 8.42 Å². The van der Waals surface area contributed by atoms with Crippen LogP contribution in [0.1, 0.15) is 11.1 Å². The first-order chi connectivity index (χ1) is 17.4. The molecule has 3 aromatic rings. The molecule has 0 heterocycles. The normalized spacial score (nSPS) is 11.2. The molecule has 8 nitrogen and oxygen atoms in total. The number of amides is 1. The van der Waals surface area contributed by atoms with Crippen molar-refractivity contribution in [3.8, 4) is 17.2 Å². The molecule has 0 radical (unpaired) electrons. The van der Waals surface area contributed by atoms with E-state index in [0.29, 0.717) is 30.9 Å². The number of carbonyl (C=O) groups excluding carboxylic acids is 1. The van der Waals surface area contributed by atoms with Crippen molar-refractivity contribution in [3.05, 3.63) is 83.9 Å². The second-order valence-electron chi connectivity index (χ2n) is 8.04. The molecular weight excluding hydrogens is 480 g/mol. The van der Waals surface area contributed by atoms with Crippen molar-refractivity contribution in [1.29, 1.82) is 0 Å². The summed E-state index contributed by atoms with van der Waals surface area (Å²) in [5.41, 5.74) is 2.01. The van der Waals surface area contributed by atoms with Crippen molar-refractivity contribution in [2.24, 2.45) is 0 Å². The van der Waals surface area contributed by atoms with Gasteiger partial charge in [-0.3, -0.25) is 4.79 Å². The van der Waals surface area contributed by atoms with E-state index in [1.165, 1.54) is 36.7 Å². The first-order valence-corrected chi connectivity index (χ1v) is 13.0. The Labute approximate surface area is 212 Å². The highest BCUT2D eigenvalue weighted by atomic mass is 32.2. The fourth-order valence-corrected chi connectivity index (χ4v) is 5.08. The Morgan fingerprint density at radius 1 is 0.806 bits per heavy atom. The quantitative estimate of drug-likeness (QED) is 0.378. The third-order valence-electron chi connectivity index (χ3n) is 5.70. The smallest absolute Gasteiger partial charge is 0.243 e. The average Bonchev–Trinajstić information content (AvgIpc) is 2.91. The summed E-state index contributed by atoms with van der Waals surface area (Å²) in [6, 6.07) is 21.5. The predicted octanol–water partition coefficient (Wildman–Crippen LogP) is 3.30. The van der Waals surface area contributed by atoms with Gasteiger partial charge >= 0.3 is 0 Å². The van der Waals surface area contributed by atoms with Gasteiger partial charge in [0.1, 0.15) is 5.75 Å². The lowest BCUT2D eigenvalue weighted by Gasteiger charge is -2.22. The van der Waals surface area contributed by atoms with Crippen LogP contribution in [0, 0.1) is 0 Å². The Morgan fingerprint density at radius 3 is 2.11 bits per heavy atom. The molecule has 192 valence electrons. The lowest BCUT2D eigenvalue weighted by molar-refractivity contribution is -0.121. The summed E-state index contributed by atoms with van der Waals surface area (Å²) >= 11 is 0. The van der Waals surface area contributed by atoms with Gasteiger partial charge in [-0.05, 0) is 48.2 Å².